The molecule has 0 spiro atoms. The van der Waals surface area contributed by atoms with Gasteiger partial charge in [-0.1, -0.05) is 23.6 Å². The summed E-state index contributed by atoms with van der Waals surface area (Å²) in [6, 6.07) is 3.71. The van der Waals surface area contributed by atoms with Crippen molar-refractivity contribution in [3.8, 4) is 23.8 Å². The van der Waals surface area contributed by atoms with E-state index in [1.807, 2.05) is 19.1 Å². The molecule has 1 aromatic carbocycles. The third kappa shape index (κ3) is 3.29. The number of terminal acetylenes is 1. The van der Waals surface area contributed by atoms with E-state index in [0.29, 0.717) is 23.1 Å². The van der Waals surface area contributed by atoms with Gasteiger partial charge in [-0.15, -0.1) is 6.42 Å². The Kier molecular flexibility index (Phi) is 5.14. The van der Waals surface area contributed by atoms with Gasteiger partial charge in [0.25, 0.3) is 0 Å². The molecular weight excluding hydrogens is 238 g/mol. The van der Waals surface area contributed by atoms with Crippen molar-refractivity contribution in [1.82, 2.24) is 5.32 Å². The third-order valence-corrected chi connectivity index (χ3v) is 2.83. The van der Waals surface area contributed by atoms with Gasteiger partial charge >= 0.3 is 0 Å². The molecule has 0 aliphatic heterocycles. The molecule has 0 radical (unpaired) electrons. The Bertz CT molecular complexity index is 426. The molecule has 0 amide bonds. The van der Waals surface area contributed by atoms with E-state index in [-0.39, 0.29) is 6.04 Å². The normalized spacial score (nSPS) is 11.7. The molecule has 3 nitrogen and oxygen atoms in total. The van der Waals surface area contributed by atoms with Crippen molar-refractivity contribution < 1.29 is 9.47 Å². The van der Waals surface area contributed by atoms with Crippen LogP contribution < -0.4 is 14.8 Å². The highest BCUT2D eigenvalue weighted by atomic mass is 35.5. The Morgan fingerprint density at radius 1 is 1.41 bits per heavy atom. The summed E-state index contributed by atoms with van der Waals surface area (Å²) in [5.41, 5.74) is 0.923. The number of hydrogen-bond acceptors (Lipinski definition) is 3. The second kappa shape index (κ2) is 6.39. The summed E-state index contributed by atoms with van der Waals surface area (Å²) in [5.74, 6) is 3.76. The lowest BCUT2D eigenvalue weighted by atomic mass is 10.2. The molecule has 1 rings (SSSR count). The Balaban J connectivity index is 2.91. The predicted molar refractivity (Wildman–Crippen MR) is 69.7 cm³/mol. The van der Waals surface area contributed by atoms with Gasteiger partial charge in [-0.3, -0.25) is 5.32 Å². The van der Waals surface area contributed by atoms with E-state index in [1.165, 1.54) is 0 Å². The average Bonchev–Trinajstić information content (AvgIpc) is 2.36. The van der Waals surface area contributed by atoms with Crippen molar-refractivity contribution in [2.75, 3.05) is 14.2 Å². The van der Waals surface area contributed by atoms with E-state index in [2.05, 4.69) is 11.2 Å². The quantitative estimate of drug-likeness (QED) is 0.818. The van der Waals surface area contributed by atoms with Crippen LogP contribution in [-0.4, -0.2) is 20.3 Å². The highest BCUT2D eigenvalue weighted by Crippen LogP contribution is 2.37. The molecule has 4 heteroatoms. The second-order valence-electron chi connectivity index (χ2n) is 3.54. The number of ether oxygens (including phenoxy) is 2. The first-order valence-electron chi connectivity index (χ1n) is 5.22. The maximum absolute atomic E-state index is 6.22. The number of hydrogen-bond donors (Lipinski definition) is 1. The lowest BCUT2D eigenvalue weighted by Crippen LogP contribution is -2.23. The standard InChI is InChI=1S/C13H16ClNO2/c1-5-9(2)15-8-10-6-7-11(16-3)13(17-4)12(10)14/h1,6-7,9,15H,8H2,2-4H3. The zero-order valence-electron chi connectivity index (χ0n) is 10.2. The largest absolute Gasteiger partial charge is 0.493 e. The summed E-state index contributed by atoms with van der Waals surface area (Å²) in [4.78, 5) is 0. The van der Waals surface area contributed by atoms with Crippen LogP contribution in [-0.2, 0) is 6.54 Å². The minimum absolute atomic E-state index is 0.000775. The summed E-state index contributed by atoms with van der Waals surface area (Å²) >= 11 is 6.22. The molecule has 0 aliphatic rings. The predicted octanol–water partition coefficient (Wildman–Crippen LogP) is 2.47. The van der Waals surface area contributed by atoms with Crippen molar-refractivity contribution in [3.05, 3.63) is 22.7 Å². The van der Waals surface area contributed by atoms with Crippen LogP contribution in [0.5, 0.6) is 11.5 Å². The molecule has 1 atom stereocenters. The smallest absolute Gasteiger partial charge is 0.179 e. The van der Waals surface area contributed by atoms with Crippen molar-refractivity contribution in [2.45, 2.75) is 19.5 Å². The highest BCUT2D eigenvalue weighted by Gasteiger charge is 2.12. The van der Waals surface area contributed by atoms with Gasteiger partial charge in [0.2, 0.25) is 0 Å². The van der Waals surface area contributed by atoms with Crippen LogP contribution >= 0.6 is 11.6 Å². The van der Waals surface area contributed by atoms with Crippen LogP contribution in [0.4, 0.5) is 0 Å². The summed E-state index contributed by atoms with van der Waals surface area (Å²) < 4.78 is 10.4. The molecular formula is C13H16ClNO2. The van der Waals surface area contributed by atoms with Crippen LogP contribution in [0.2, 0.25) is 5.02 Å². The third-order valence-electron chi connectivity index (χ3n) is 2.41. The Morgan fingerprint density at radius 3 is 2.65 bits per heavy atom. The van der Waals surface area contributed by atoms with E-state index >= 15 is 0 Å². The topological polar surface area (TPSA) is 30.5 Å². The molecule has 0 saturated carbocycles. The second-order valence-corrected chi connectivity index (χ2v) is 3.92. The fourth-order valence-corrected chi connectivity index (χ4v) is 1.69. The number of rotatable bonds is 5. The minimum atomic E-state index is -0.000775. The number of halogens is 1. The van der Waals surface area contributed by atoms with Gasteiger partial charge in [0.15, 0.2) is 11.5 Å². The molecule has 1 unspecified atom stereocenters. The highest BCUT2D eigenvalue weighted by molar-refractivity contribution is 6.33. The van der Waals surface area contributed by atoms with Crippen LogP contribution in [0.15, 0.2) is 12.1 Å². The van der Waals surface area contributed by atoms with Gasteiger partial charge in [-0.25, -0.2) is 0 Å². The van der Waals surface area contributed by atoms with Crippen molar-refractivity contribution in [2.24, 2.45) is 0 Å². The first-order chi connectivity index (χ1) is 8.13. The summed E-state index contributed by atoms with van der Waals surface area (Å²) in [6.07, 6.45) is 5.29. The number of nitrogens with one attached hydrogen (secondary N) is 1. The van der Waals surface area contributed by atoms with Crippen LogP contribution in [0, 0.1) is 12.3 Å². The van der Waals surface area contributed by atoms with Gasteiger partial charge in [0.1, 0.15) is 0 Å². The fourth-order valence-electron chi connectivity index (χ4n) is 1.39. The zero-order valence-corrected chi connectivity index (χ0v) is 11.0. The van der Waals surface area contributed by atoms with Gasteiger partial charge in [-0.05, 0) is 18.6 Å². The minimum Gasteiger partial charge on any atom is -0.493 e. The van der Waals surface area contributed by atoms with Gasteiger partial charge < -0.3 is 9.47 Å². The Labute approximate surface area is 107 Å². The molecule has 92 valence electrons. The summed E-state index contributed by atoms with van der Waals surface area (Å²) in [7, 11) is 3.14. The molecule has 0 aromatic heterocycles. The van der Waals surface area contributed by atoms with Gasteiger partial charge in [-0.2, -0.15) is 0 Å². The Morgan fingerprint density at radius 2 is 2.12 bits per heavy atom. The van der Waals surface area contributed by atoms with E-state index in [9.17, 15) is 0 Å². The average molecular weight is 254 g/mol. The molecule has 1 aromatic rings. The van der Waals surface area contributed by atoms with Crippen molar-refractivity contribution in [3.63, 3.8) is 0 Å². The monoisotopic (exact) mass is 253 g/mol. The summed E-state index contributed by atoms with van der Waals surface area (Å²) in [5, 5.41) is 3.71. The first-order valence-corrected chi connectivity index (χ1v) is 5.60. The van der Waals surface area contributed by atoms with E-state index < -0.39 is 0 Å². The Hall–Kier alpha value is -1.37. The zero-order chi connectivity index (χ0) is 12.8. The SMILES string of the molecule is C#CC(C)NCc1ccc(OC)c(OC)c1Cl. The van der Waals surface area contributed by atoms with Crippen LogP contribution in [0.3, 0.4) is 0 Å². The van der Waals surface area contributed by atoms with Gasteiger partial charge in [0, 0.05) is 6.54 Å². The molecule has 0 saturated heterocycles. The lowest BCUT2D eigenvalue weighted by molar-refractivity contribution is 0.354. The van der Waals surface area contributed by atoms with E-state index in [4.69, 9.17) is 27.5 Å². The first kappa shape index (κ1) is 13.7. The van der Waals surface area contributed by atoms with Crippen molar-refractivity contribution >= 4 is 11.6 Å². The van der Waals surface area contributed by atoms with E-state index in [1.54, 1.807) is 14.2 Å². The van der Waals surface area contributed by atoms with E-state index in [0.717, 1.165) is 5.56 Å². The van der Waals surface area contributed by atoms with Gasteiger partial charge in [0.05, 0.1) is 25.3 Å². The summed E-state index contributed by atoms with van der Waals surface area (Å²) in [6.45, 7) is 2.50. The fraction of sp³-hybridized carbons (Fsp3) is 0.385. The molecule has 17 heavy (non-hydrogen) atoms. The number of methoxy groups -OCH3 is 2. The van der Waals surface area contributed by atoms with Crippen molar-refractivity contribution in [1.29, 1.82) is 0 Å². The molecule has 1 N–H and O–H groups in total. The molecule has 0 bridgehead atoms. The molecule has 0 aliphatic carbocycles. The van der Waals surface area contributed by atoms with Crippen LogP contribution in [0.1, 0.15) is 12.5 Å². The molecule has 0 fully saturated rings. The maximum atomic E-state index is 6.22. The maximum Gasteiger partial charge on any atom is 0.179 e. The number of benzene rings is 1. The van der Waals surface area contributed by atoms with Crippen LogP contribution in [0.25, 0.3) is 0 Å². The lowest BCUT2D eigenvalue weighted by Gasteiger charge is -2.14. The molecule has 0 heterocycles.